The van der Waals surface area contributed by atoms with Crippen molar-refractivity contribution >= 4 is 21.8 Å². The second-order valence-electron chi connectivity index (χ2n) is 4.49. The minimum Gasteiger partial charge on any atom is -0.343 e. The van der Waals surface area contributed by atoms with E-state index in [1.54, 1.807) is 36.4 Å². The summed E-state index contributed by atoms with van der Waals surface area (Å²) in [5.74, 6) is 0.478. The van der Waals surface area contributed by atoms with Crippen LogP contribution in [0.1, 0.15) is 16.2 Å². The van der Waals surface area contributed by atoms with Crippen LogP contribution < -0.4 is 5.32 Å². The topological polar surface area (TPSA) is 98.7 Å². The van der Waals surface area contributed by atoms with Crippen LogP contribution in [0.5, 0.6) is 0 Å². The number of hydrogen-bond acceptors (Lipinski definition) is 6. The molecule has 3 aromatic heterocycles. The number of carbonyl (C=O) groups excluding carboxylic acids is 1. The molecular weight excluding hydrogens is 352 g/mol. The third-order valence-corrected chi connectivity index (χ3v) is 3.23. The number of hydrogen-bond donors (Lipinski definition) is 1. The van der Waals surface area contributed by atoms with E-state index in [2.05, 4.69) is 41.5 Å². The first-order chi connectivity index (χ1) is 10.6. The molecule has 112 valence electrons. The van der Waals surface area contributed by atoms with Gasteiger partial charge in [0.1, 0.15) is 0 Å². The Labute approximate surface area is 133 Å². The van der Waals surface area contributed by atoms with E-state index in [1.165, 1.54) is 6.20 Å². The number of halogens is 1. The number of nitrogens with one attached hydrogen (secondary N) is 1. The molecule has 0 fully saturated rings. The van der Waals surface area contributed by atoms with Crippen molar-refractivity contribution in [2.45, 2.75) is 6.54 Å². The van der Waals surface area contributed by atoms with Crippen LogP contribution in [-0.2, 0) is 13.6 Å². The maximum atomic E-state index is 12.0. The lowest BCUT2D eigenvalue weighted by Gasteiger charge is -2.01. The molecule has 1 N–H and O–H groups in total. The van der Waals surface area contributed by atoms with E-state index in [-0.39, 0.29) is 12.5 Å². The number of carbonyl (C=O) groups is 1. The third-order valence-electron chi connectivity index (χ3n) is 2.80. The van der Waals surface area contributed by atoms with Crippen molar-refractivity contribution in [2.24, 2.45) is 7.05 Å². The summed E-state index contributed by atoms with van der Waals surface area (Å²) in [7, 11) is 1.80. The molecule has 0 atom stereocenters. The van der Waals surface area contributed by atoms with Gasteiger partial charge in [0, 0.05) is 30.1 Å². The molecule has 0 bridgehead atoms. The number of amides is 1. The molecule has 9 heteroatoms. The van der Waals surface area contributed by atoms with Gasteiger partial charge >= 0.3 is 0 Å². The van der Waals surface area contributed by atoms with Gasteiger partial charge in [0.15, 0.2) is 0 Å². The van der Waals surface area contributed by atoms with Crippen LogP contribution in [0.2, 0.25) is 0 Å². The van der Waals surface area contributed by atoms with Crippen molar-refractivity contribution in [1.82, 2.24) is 30.2 Å². The summed E-state index contributed by atoms with van der Waals surface area (Å²) < 4.78 is 7.48. The largest absolute Gasteiger partial charge is 0.343 e. The first-order valence-electron chi connectivity index (χ1n) is 6.32. The predicted octanol–water partition coefficient (Wildman–Crippen LogP) is 1.56. The molecule has 22 heavy (non-hydrogen) atoms. The molecule has 0 aliphatic carbocycles. The maximum Gasteiger partial charge on any atom is 0.253 e. The highest BCUT2D eigenvalue weighted by molar-refractivity contribution is 9.10. The number of aromatic nitrogens is 5. The van der Waals surface area contributed by atoms with Crippen LogP contribution in [0, 0.1) is 0 Å². The fourth-order valence-corrected chi connectivity index (χ4v) is 2.14. The fraction of sp³-hybridized carbons (Fsp3) is 0.154. The number of pyridine rings is 1. The molecule has 3 heterocycles. The van der Waals surface area contributed by atoms with E-state index < -0.39 is 0 Å². The van der Waals surface area contributed by atoms with Gasteiger partial charge in [-0.1, -0.05) is 5.16 Å². The van der Waals surface area contributed by atoms with Gasteiger partial charge < -0.3 is 9.84 Å². The van der Waals surface area contributed by atoms with Gasteiger partial charge in [-0.2, -0.15) is 10.1 Å². The van der Waals surface area contributed by atoms with E-state index in [0.717, 1.165) is 10.0 Å². The van der Waals surface area contributed by atoms with Crippen molar-refractivity contribution in [3.63, 3.8) is 0 Å². The van der Waals surface area contributed by atoms with Crippen LogP contribution in [0.3, 0.4) is 0 Å². The monoisotopic (exact) mass is 362 g/mol. The minimum atomic E-state index is -0.269. The van der Waals surface area contributed by atoms with Crippen molar-refractivity contribution in [3.8, 4) is 11.4 Å². The van der Waals surface area contributed by atoms with Crippen molar-refractivity contribution in [3.05, 3.63) is 46.8 Å². The highest BCUT2D eigenvalue weighted by Crippen LogP contribution is 2.14. The average Bonchev–Trinajstić information content (AvgIpc) is 3.13. The molecule has 0 aliphatic rings. The van der Waals surface area contributed by atoms with E-state index in [1.807, 2.05) is 0 Å². The Kier molecular flexibility index (Phi) is 3.96. The molecule has 0 spiro atoms. The van der Waals surface area contributed by atoms with E-state index in [4.69, 9.17) is 4.52 Å². The van der Waals surface area contributed by atoms with E-state index >= 15 is 0 Å². The molecular formula is C13H11BrN6O2. The lowest BCUT2D eigenvalue weighted by Crippen LogP contribution is -2.23. The quantitative estimate of drug-likeness (QED) is 0.755. The van der Waals surface area contributed by atoms with Gasteiger partial charge in [-0.3, -0.25) is 14.5 Å². The summed E-state index contributed by atoms with van der Waals surface area (Å²) in [5.41, 5.74) is 1.20. The van der Waals surface area contributed by atoms with Gasteiger partial charge in [-0.15, -0.1) is 0 Å². The predicted molar refractivity (Wildman–Crippen MR) is 79.6 cm³/mol. The first-order valence-corrected chi connectivity index (χ1v) is 7.11. The SMILES string of the molecule is Cn1cc(-c2noc(CNC(=O)c3cncc(Br)c3)n2)cn1. The lowest BCUT2D eigenvalue weighted by atomic mass is 10.3. The molecule has 3 aromatic rings. The average molecular weight is 363 g/mol. The summed E-state index contributed by atoms with van der Waals surface area (Å²) in [6.07, 6.45) is 6.50. The van der Waals surface area contributed by atoms with E-state index in [0.29, 0.717) is 17.3 Å². The van der Waals surface area contributed by atoms with Crippen LogP contribution in [0.4, 0.5) is 0 Å². The van der Waals surface area contributed by atoms with E-state index in [9.17, 15) is 4.79 Å². The molecule has 0 saturated heterocycles. The van der Waals surface area contributed by atoms with Crippen molar-refractivity contribution < 1.29 is 9.32 Å². The zero-order chi connectivity index (χ0) is 15.5. The van der Waals surface area contributed by atoms with Crippen molar-refractivity contribution in [2.75, 3.05) is 0 Å². The van der Waals surface area contributed by atoms with Gasteiger partial charge in [-0.05, 0) is 22.0 Å². The van der Waals surface area contributed by atoms with Crippen LogP contribution >= 0.6 is 15.9 Å². The van der Waals surface area contributed by atoms with Gasteiger partial charge in [0.05, 0.1) is 23.9 Å². The first kappa shape index (κ1) is 14.4. The van der Waals surface area contributed by atoms with Crippen LogP contribution in [-0.4, -0.2) is 30.8 Å². The Bertz CT molecular complexity index is 812. The Morgan fingerprint density at radius 1 is 1.41 bits per heavy atom. The Morgan fingerprint density at radius 2 is 2.27 bits per heavy atom. The number of rotatable bonds is 4. The third kappa shape index (κ3) is 3.19. The van der Waals surface area contributed by atoms with Gasteiger partial charge in [-0.25, -0.2) is 0 Å². The molecule has 3 rings (SSSR count). The number of nitrogens with zero attached hydrogens (tertiary/aromatic N) is 5. The molecule has 8 nitrogen and oxygen atoms in total. The highest BCUT2D eigenvalue weighted by atomic mass is 79.9. The smallest absolute Gasteiger partial charge is 0.253 e. The molecule has 0 radical (unpaired) electrons. The number of aryl methyl sites for hydroxylation is 1. The highest BCUT2D eigenvalue weighted by Gasteiger charge is 2.12. The Hall–Kier alpha value is -2.55. The second kappa shape index (κ2) is 6.06. The Balaban J connectivity index is 1.65. The molecule has 0 aromatic carbocycles. The van der Waals surface area contributed by atoms with Gasteiger partial charge in [0.2, 0.25) is 11.7 Å². The lowest BCUT2D eigenvalue weighted by molar-refractivity contribution is 0.0946. The minimum absolute atomic E-state index is 0.138. The summed E-state index contributed by atoms with van der Waals surface area (Å²) in [4.78, 5) is 20.1. The molecule has 0 aliphatic heterocycles. The van der Waals surface area contributed by atoms with Crippen LogP contribution in [0.25, 0.3) is 11.4 Å². The molecule has 1 amide bonds. The molecule has 0 unspecified atom stereocenters. The zero-order valence-corrected chi connectivity index (χ0v) is 13.1. The van der Waals surface area contributed by atoms with Crippen molar-refractivity contribution in [1.29, 1.82) is 0 Å². The zero-order valence-electron chi connectivity index (χ0n) is 11.5. The summed E-state index contributed by atoms with van der Waals surface area (Å²) in [6.45, 7) is 0.138. The normalized spacial score (nSPS) is 10.6. The van der Waals surface area contributed by atoms with Crippen LogP contribution in [0.15, 0.2) is 39.8 Å². The molecule has 0 saturated carbocycles. The second-order valence-corrected chi connectivity index (χ2v) is 5.40. The summed E-state index contributed by atoms with van der Waals surface area (Å²) >= 11 is 3.27. The summed E-state index contributed by atoms with van der Waals surface area (Å²) in [6, 6.07) is 1.68. The fourth-order valence-electron chi connectivity index (χ4n) is 1.77. The maximum absolute atomic E-state index is 12.0. The summed E-state index contributed by atoms with van der Waals surface area (Å²) in [5, 5.41) is 10.6. The Morgan fingerprint density at radius 3 is 3.00 bits per heavy atom. The van der Waals surface area contributed by atoms with Gasteiger partial charge in [0.25, 0.3) is 5.91 Å². The standard InChI is InChI=1S/C13H11BrN6O2/c1-20-7-9(4-17-20)12-18-11(22-19-12)6-16-13(21)8-2-10(14)5-15-3-8/h2-5,7H,6H2,1H3,(H,16,21).